The van der Waals surface area contributed by atoms with Crippen LogP contribution in [-0.2, 0) is 9.53 Å². The SMILES string of the molecule is CC(C)C(C)(C#N)NC(=O)COC(=O)c1nc(Cl)c(Cl)c(N)c1Cl. The molecule has 1 aromatic heterocycles. The Morgan fingerprint density at radius 1 is 1.38 bits per heavy atom. The van der Waals surface area contributed by atoms with E-state index in [1.807, 2.05) is 6.07 Å². The maximum atomic E-state index is 12.0. The number of nitriles is 1. The number of esters is 1. The quantitative estimate of drug-likeness (QED) is 0.586. The molecule has 1 unspecified atom stereocenters. The Kier molecular flexibility index (Phi) is 6.67. The average molecular weight is 394 g/mol. The van der Waals surface area contributed by atoms with Crippen LogP contribution in [0.4, 0.5) is 5.69 Å². The number of nitrogens with one attached hydrogen (secondary N) is 1. The van der Waals surface area contributed by atoms with Gasteiger partial charge in [0.2, 0.25) is 0 Å². The van der Waals surface area contributed by atoms with Gasteiger partial charge in [-0.3, -0.25) is 4.79 Å². The molecule has 0 saturated carbocycles. The zero-order chi connectivity index (χ0) is 18.7. The van der Waals surface area contributed by atoms with Crippen molar-refractivity contribution >= 4 is 52.4 Å². The lowest BCUT2D eigenvalue weighted by Gasteiger charge is -2.27. The molecule has 1 aromatic rings. The van der Waals surface area contributed by atoms with E-state index in [0.717, 1.165) is 0 Å². The van der Waals surface area contributed by atoms with Gasteiger partial charge >= 0.3 is 5.97 Å². The third-order valence-electron chi connectivity index (χ3n) is 3.39. The maximum absolute atomic E-state index is 12.0. The average Bonchev–Trinajstić information content (AvgIpc) is 2.53. The van der Waals surface area contributed by atoms with Crippen LogP contribution in [0.5, 0.6) is 0 Å². The number of aromatic nitrogens is 1. The van der Waals surface area contributed by atoms with Crippen LogP contribution in [0, 0.1) is 17.2 Å². The third kappa shape index (κ3) is 4.41. The van der Waals surface area contributed by atoms with E-state index in [2.05, 4.69) is 10.3 Å². The number of carbonyl (C=O) groups is 2. The second-order valence-corrected chi connectivity index (χ2v) is 6.50. The summed E-state index contributed by atoms with van der Waals surface area (Å²) in [4.78, 5) is 27.5. The minimum absolute atomic E-state index is 0.0855. The smallest absolute Gasteiger partial charge is 0.359 e. The summed E-state index contributed by atoms with van der Waals surface area (Å²) >= 11 is 17.4. The molecule has 24 heavy (non-hydrogen) atoms. The fraction of sp³-hybridized carbons (Fsp3) is 0.429. The van der Waals surface area contributed by atoms with Crippen molar-refractivity contribution in [2.24, 2.45) is 5.92 Å². The van der Waals surface area contributed by atoms with E-state index in [-0.39, 0.29) is 32.5 Å². The molecule has 0 radical (unpaired) electrons. The van der Waals surface area contributed by atoms with E-state index < -0.39 is 24.0 Å². The predicted molar refractivity (Wildman–Crippen MR) is 91.0 cm³/mol. The molecule has 0 saturated heterocycles. The van der Waals surface area contributed by atoms with Crippen molar-refractivity contribution < 1.29 is 14.3 Å². The molecule has 3 N–H and O–H groups in total. The summed E-state index contributed by atoms with van der Waals surface area (Å²) in [5.74, 6) is -1.79. The van der Waals surface area contributed by atoms with E-state index in [4.69, 9.17) is 50.5 Å². The fourth-order valence-corrected chi connectivity index (χ4v) is 2.08. The van der Waals surface area contributed by atoms with Crippen LogP contribution < -0.4 is 11.1 Å². The van der Waals surface area contributed by atoms with Crippen molar-refractivity contribution in [3.63, 3.8) is 0 Å². The first-order valence-electron chi connectivity index (χ1n) is 6.72. The number of carbonyl (C=O) groups excluding carboxylic acids is 2. The number of halogens is 3. The number of ether oxygens (including phenoxy) is 1. The van der Waals surface area contributed by atoms with Gasteiger partial charge in [0.25, 0.3) is 5.91 Å². The minimum Gasteiger partial charge on any atom is -0.451 e. The molecule has 0 aliphatic rings. The first kappa shape index (κ1) is 20.3. The third-order valence-corrected chi connectivity index (χ3v) is 4.52. The Morgan fingerprint density at radius 2 is 1.96 bits per heavy atom. The van der Waals surface area contributed by atoms with Crippen molar-refractivity contribution in [1.29, 1.82) is 5.26 Å². The van der Waals surface area contributed by atoms with E-state index in [9.17, 15) is 9.59 Å². The van der Waals surface area contributed by atoms with E-state index in [1.54, 1.807) is 20.8 Å². The van der Waals surface area contributed by atoms with Crippen LogP contribution in [0.15, 0.2) is 0 Å². The molecular weight excluding hydrogens is 379 g/mol. The summed E-state index contributed by atoms with van der Waals surface area (Å²) in [6, 6.07) is 2.00. The van der Waals surface area contributed by atoms with Crippen molar-refractivity contribution in [2.75, 3.05) is 12.3 Å². The number of nitrogens with two attached hydrogens (primary N) is 1. The molecule has 1 atom stereocenters. The summed E-state index contributed by atoms with van der Waals surface area (Å²) in [5, 5.41) is 11.1. The van der Waals surface area contributed by atoms with Gasteiger partial charge in [-0.15, -0.1) is 0 Å². The van der Waals surface area contributed by atoms with Gasteiger partial charge in [-0.25, -0.2) is 9.78 Å². The van der Waals surface area contributed by atoms with Crippen LogP contribution in [0.2, 0.25) is 15.2 Å². The molecule has 1 rings (SSSR count). The van der Waals surface area contributed by atoms with Gasteiger partial charge in [0.05, 0.1) is 16.8 Å². The zero-order valence-corrected chi connectivity index (χ0v) is 15.4. The number of amides is 1. The van der Waals surface area contributed by atoms with Crippen molar-refractivity contribution in [2.45, 2.75) is 26.3 Å². The van der Waals surface area contributed by atoms with Gasteiger partial charge in [0.1, 0.15) is 10.6 Å². The maximum Gasteiger partial charge on any atom is 0.359 e. The Bertz CT molecular complexity index is 718. The molecule has 1 amide bonds. The molecule has 0 spiro atoms. The molecule has 0 aliphatic carbocycles. The monoisotopic (exact) mass is 392 g/mol. The summed E-state index contributed by atoms with van der Waals surface area (Å²) in [6.07, 6.45) is 0. The normalized spacial score (nSPS) is 13.1. The highest BCUT2D eigenvalue weighted by molar-refractivity contribution is 6.46. The van der Waals surface area contributed by atoms with Crippen LogP contribution in [0.1, 0.15) is 31.3 Å². The molecular formula is C14H15Cl3N4O3. The van der Waals surface area contributed by atoms with Gasteiger partial charge in [0, 0.05) is 0 Å². The van der Waals surface area contributed by atoms with Crippen LogP contribution >= 0.6 is 34.8 Å². The largest absolute Gasteiger partial charge is 0.451 e. The summed E-state index contributed by atoms with van der Waals surface area (Å²) in [7, 11) is 0. The highest BCUT2D eigenvalue weighted by Gasteiger charge is 2.30. The van der Waals surface area contributed by atoms with Crippen LogP contribution in [0.3, 0.4) is 0 Å². The van der Waals surface area contributed by atoms with Gasteiger partial charge in [-0.05, 0) is 12.8 Å². The molecule has 0 aliphatic heterocycles. The predicted octanol–water partition coefficient (Wildman–Crippen LogP) is 2.84. The number of hydrogen-bond donors (Lipinski definition) is 2. The number of anilines is 1. The standard InChI is InChI=1S/C14H15Cl3N4O3/c1-6(2)14(3,5-18)21-7(22)4-24-13(23)11-8(15)10(19)9(16)12(17)20-11/h6H,4H2,1-3H3,(H2,19,20)(H,21,22). The van der Waals surface area contributed by atoms with E-state index in [0.29, 0.717) is 0 Å². The second kappa shape index (κ2) is 7.88. The lowest BCUT2D eigenvalue weighted by molar-refractivity contribution is -0.125. The Hall–Kier alpha value is -1.75. The van der Waals surface area contributed by atoms with Crippen molar-refractivity contribution in [3.8, 4) is 6.07 Å². The van der Waals surface area contributed by atoms with E-state index in [1.165, 1.54) is 0 Å². The molecule has 0 fully saturated rings. The molecule has 7 nitrogen and oxygen atoms in total. The summed E-state index contributed by atoms with van der Waals surface area (Å²) < 4.78 is 4.83. The van der Waals surface area contributed by atoms with Crippen LogP contribution in [-0.4, -0.2) is 29.0 Å². The first-order chi connectivity index (χ1) is 11.0. The summed E-state index contributed by atoms with van der Waals surface area (Å²) in [6.45, 7) is 4.49. The van der Waals surface area contributed by atoms with Gasteiger partial charge < -0.3 is 15.8 Å². The number of rotatable bonds is 5. The first-order valence-corrected chi connectivity index (χ1v) is 7.86. The molecule has 10 heteroatoms. The number of hydrogen-bond acceptors (Lipinski definition) is 6. The highest BCUT2D eigenvalue weighted by Crippen LogP contribution is 2.34. The topological polar surface area (TPSA) is 118 Å². The van der Waals surface area contributed by atoms with E-state index >= 15 is 0 Å². The fourth-order valence-electron chi connectivity index (χ4n) is 1.49. The Morgan fingerprint density at radius 3 is 2.46 bits per heavy atom. The van der Waals surface area contributed by atoms with Crippen molar-refractivity contribution in [1.82, 2.24) is 10.3 Å². The Balaban J connectivity index is 2.81. The Labute approximate surface area is 154 Å². The van der Waals surface area contributed by atoms with Gasteiger partial charge in [-0.1, -0.05) is 48.7 Å². The molecule has 130 valence electrons. The summed E-state index contributed by atoms with van der Waals surface area (Å²) in [5.41, 5.74) is 4.03. The molecule has 0 bridgehead atoms. The number of nitrogen functional groups attached to an aromatic ring is 1. The van der Waals surface area contributed by atoms with Crippen LogP contribution in [0.25, 0.3) is 0 Å². The lowest BCUT2D eigenvalue weighted by atomic mass is 9.90. The number of nitrogens with zero attached hydrogens (tertiary/aromatic N) is 2. The highest BCUT2D eigenvalue weighted by atomic mass is 35.5. The molecule has 1 heterocycles. The zero-order valence-electron chi connectivity index (χ0n) is 13.1. The van der Waals surface area contributed by atoms with Gasteiger partial charge in [-0.2, -0.15) is 5.26 Å². The van der Waals surface area contributed by atoms with Crippen molar-refractivity contribution in [3.05, 3.63) is 20.9 Å². The molecule has 0 aromatic carbocycles. The van der Waals surface area contributed by atoms with Gasteiger partial charge in [0.15, 0.2) is 17.5 Å². The minimum atomic E-state index is -1.09. The second-order valence-electron chi connectivity index (χ2n) is 5.39. The number of pyridine rings is 1. The lowest BCUT2D eigenvalue weighted by Crippen LogP contribution is -2.50.